The molecule has 2 aromatic rings. The second-order valence-electron chi connectivity index (χ2n) is 7.90. The average molecular weight is 382 g/mol. The second-order valence-corrected chi connectivity index (χ2v) is 7.90. The van der Waals surface area contributed by atoms with Crippen LogP contribution in [0.4, 0.5) is 5.82 Å². The van der Waals surface area contributed by atoms with Crippen molar-refractivity contribution >= 4 is 11.7 Å². The number of hydrogen-bond acceptors (Lipinski definition) is 4. The zero-order chi connectivity index (χ0) is 20.1. The Hall–Kier alpha value is -2.56. The van der Waals surface area contributed by atoms with Gasteiger partial charge in [-0.05, 0) is 61.9 Å². The Bertz CT molecular complexity index is 784. The molecule has 1 saturated heterocycles. The zero-order valence-electron chi connectivity index (χ0n) is 17.3. The molecule has 3 rings (SSSR count). The van der Waals surface area contributed by atoms with Gasteiger partial charge in [0.05, 0.1) is 0 Å². The Balaban J connectivity index is 1.52. The van der Waals surface area contributed by atoms with Gasteiger partial charge in [-0.25, -0.2) is 4.98 Å². The molecular formula is C23H31N3O2. The van der Waals surface area contributed by atoms with E-state index in [1.807, 2.05) is 38.2 Å². The minimum atomic E-state index is -0.519. The van der Waals surface area contributed by atoms with E-state index in [2.05, 4.69) is 47.2 Å². The van der Waals surface area contributed by atoms with E-state index in [1.54, 1.807) is 0 Å². The molecule has 1 aromatic heterocycles. The lowest BCUT2D eigenvalue weighted by molar-refractivity contribution is -0.128. The van der Waals surface area contributed by atoms with Crippen molar-refractivity contribution < 1.29 is 9.53 Å². The van der Waals surface area contributed by atoms with E-state index in [0.29, 0.717) is 5.92 Å². The molecular weight excluding hydrogens is 350 g/mol. The number of ether oxygens (including phenoxy) is 1. The lowest BCUT2D eigenvalue weighted by Gasteiger charge is -2.33. The summed E-state index contributed by atoms with van der Waals surface area (Å²) in [5.74, 6) is 2.17. The summed E-state index contributed by atoms with van der Waals surface area (Å²) in [7, 11) is 0. The Morgan fingerprint density at radius 3 is 2.57 bits per heavy atom. The van der Waals surface area contributed by atoms with Crippen LogP contribution in [0.15, 0.2) is 42.6 Å². The van der Waals surface area contributed by atoms with Crippen molar-refractivity contribution in [3.63, 3.8) is 0 Å². The normalized spacial score (nSPS) is 16.1. The molecule has 1 aromatic carbocycles. The Morgan fingerprint density at radius 2 is 1.93 bits per heavy atom. The summed E-state index contributed by atoms with van der Waals surface area (Å²) in [5.41, 5.74) is 2.27. The van der Waals surface area contributed by atoms with Crippen molar-refractivity contribution in [2.24, 2.45) is 0 Å². The van der Waals surface area contributed by atoms with Gasteiger partial charge in [0.15, 0.2) is 6.10 Å². The molecule has 0 bridgehead atoms. The molecule has 1 aliphatic heterocycles. The Kier molecular flexibility index (Phi) is 6.55. The molecule has 0 saturated carbocycles. The van der Waals surface area contributed by atoms with E-state index in [0.717, 1.165) is 43.1 Å². The number of amides is 1. The monoisotopic (exact) mass is 381 g/mol. The molecule has 2 heterocycles. The molecule has 1 N–H and O–H groups in total. The summed E-state index contributed by atoms with van der Waals surface area (Å²) in [6, 6.07) is 12.4. The van der Waals surface area contributed by atoms with E-state index < -0.39 is 6.10 Å². The zero-order valence-corrected chi connectivity index (χ0v) is 17.3. The second kappa shape index (κ2) is 9.09. The van der Waals surface area contributed by atoms with Gasteiger partial charge in [-0.3, -0.25) is 4.79 Å². The van der Waals surface area contributed by atoms with Gasteiger partial charge in [-0.15, -0.1) is 0 Å². The van der Waals surface area contributed by atoms with Crippen molar-refractivity contribution in [3.8, 4) is 5.75 Å². The van der Waals surface area contributed by atoms with E-state index in [4.69, 9.17) is 4.74 Å². The molecule has 0 aliphatic carbocycles. The number of carbonyl (C=O) groups excluding carboxylic acids is 1. The van der Waals surface area contributed by atoms with Crippen molar-refractivity contribution in [2.45, 2.75) is 58.6 Å². The highest BCUT2D eigenvalue weighted by atomic mass is 16.5. The van der Waals surface area contributed by atoms with Crippen LogP contribution in [0.25, 0.3) is 0 Å². The minimum absolute atomic E-state index is 0.0503. The summed E-state index contributed by atoms with van der Waals surface area (Å²) in [6.45, 7) is 9.93. The largest absolute Gasteiger partial charge is 0.481 e. The fourth-order valence-corrected chi connectivity index (χ4v) is 3.46. The van der Waals surface area contributed by atoms with Crippen LogP contribution < -0.4 is 15.0 Å². The van der Waals surface area contributed by atoms with E-state index >= 15 is 0 Å². The average Bonchev–Trinajstić information content (AvgIpc) is 2.70. The number of hydrogen-bond donors (Lipinski definition) is 1. The van der Waals surface area contributed by atoms with Crippen LogP contribution in [0.2, 0.25) is 0 Å². The topological polar surface area (TPSA) is 54.5 Å². The summed E-state index contributed by atoms with van der Waals surface area (Å²) < 4.78 is 6.00. The molecule has 0 radical (unpaired) electrons. The van der Waals surface area contributed by atoms with Gasteiger partial charge in [0.2, 0.25) is 0 Å². The lowest BCUT2D eigenvalue weighted by Crippen LogP contribution is -2.48. The number of nitrogens with one attached hydrogen (secondary N) is 1. The smallest absolute Gasteiger partial charge is 0.260 e. The number of aromatic nitrogens is 1. The molecule has 1 amide bonds. The van der Waals surface area contributed by atoms with Gasteiger partial charge in [0.1, 0.15) is 11.6 Å². The van der Waals surface area contributed by atoms with Crippen LogP contribution in [0.3, 0.4) is 0 Å². The maximum atomic E-state index is 12.6. The van der Waals surface area contributed by atoms with Gasteiger partial charge in [0.25, 0.3) is 5.91 Å². The van der Waals surface area contributed by atoms with Crippen LogP contribution in [0, 0.1) is 6.92 Å². The maximum Gasteiger partial charge on any atom is 0.260 e. The van der Waals surface area contributed by atoms with E-state index in [9.17, 15) is 4.79 Å². The highest BCUT2D eigenvalue weighted by Gasteiger charge is 2.24. The molecule has 0 spiro atoms. The molecule has 1 atom stereocenters. The van der Waals surface area contributed by atoms with Crippen molar-refractivity contribution in [2.75, 3.05) is 18.0 Å². The third-order valence-electron chi connectivity index (χ3n) is 5.37. The van der Waals surface area contributed by atoms with Gasteiger partial charge < -0.3 is 15.0 Å². The first-order valence-corrected chi connectivity index (χ1v) is 10.2. The molecule has 28 heavy (non-hydrogen) atoms. The highest BCUT2D eigenvalue weighted by Crippen LogP contribution is 2.25. The van der Waals surface area contributed by atoms with Crippen LogP contribution in [-0.4, -0.2) is 36.1 Å². The predicted molar refractivity (Wildman–Crippen MR) is 113 cm³/mol. The van der Waals surface area contributed by atoms with Crippen LogP contribution >= 0.6 is 0 Å². The number of benzene rings is 1. The molecule has 1 fully saturated rings. The SMILES string of the molecule is Cc1ccc(C(C)C)cc1OC(C)C(=O)NC1CCN(c2ccccn2)CC1. The van der Waals surface area contributed by atoms with E-state index in [-0.39, 0.29) is 11.9 Å². The standard InChI is InChI=1S/C23H31N3O2/c1-16(2)19-9-8-17(3)21(15-19)28-18(4)23(27)25-20-10-13-26(14-11-20)22-7-5-6-12-24-22/h5-9,12,15-16,18,20H,10-11,13-14H2,1-4H3,(H,25,27). The lowest BCUT2D eigenvalue weighted by atomic mass is 10.0. The summed E-state index contributed by atoms with van der Waals surface area (Å²) in [4.78, 5) is 19.3. The quantitative estimate of drug-likeness (QED) is 0.820. The first kappa shape index (κ1) is 20.2. The third-order valence-corrected chi connectivity index (χ3v) is 5.37. The fourth-order valence-electron chi connectivity index (χ4n) is 3.46. The first-order valence-electron chi connectivity index (χ1n) is 10.2. The number of rotatable bonds is 6. The minimum Gasteiger partial charge on any atom is -0.481 e. The number of nitrogens with zero attached hydrogens (tertiary/aromatic N) is 2. The van der Waals surface area contributed by atoms with Crippen molar-refractivity contribution in [1.82, 2.24) is 10.3 Å². The number of pyridine rings is 1. The van der Waals surface area contributed by atoms with Crippen molar-refractivity contribution in [1.29, 1.82) is 0 Å². The van der Waals surface area contributed by atoms with Gasteiger partial charge >= 0.3 is 0 Å². The Morgan fingerprint density at radius 1 is 1.18 bits per heavy atom. The van der Waals surface area contributed by atoms with Crippen LogP contribution in [0.5, 0.6) is 5.75 Å². The van der Waals surface area contributed by atoms with Gasteiger partial charge in [-0.1, -0.05) is 32.0 Å². The molecule has 5 heteroatoms. The number of carbonyl (C=O) groups is 1. The first-order chi connectivity index (χ1) is 13.4. The van der Waals surface area contributed by atoms with Crippen LogP contribution in [-0.2, 0) is 4.79 Å². The number of aryl methyl sites for hydroxylation is 1. The fraction of sp³-hybridized carbons (Fsp3) is 0.478. The molecule has 5 nitrogen and oxygen atoms in total. The van der Waals surface area contributed by atoms with Gasteiger partial charge in [-0.2, -0.15) is 0 Å². The molecule has 150 valence electrons. The Labute approximate surface area is 168 Å². The summed E-state index contributed by atoms with van der Waals surface area (Å²) >= 11 is 0. The van der Waals surface area contributed by atoms with Crippen LogP contribution in [0.1, 0.15) is 50.7 Å². The van der Waals surface area contributed by atoms with Gasteiger partial charge in [0, 0.05) is 25.3 Å². The van der Waals surface area contributed by atoms with Crippen molar-refractivity contribution in [3.05, 3.63) is 53.7 Å². The number of piperidine rings is 1. The summed E-state index contributed by atoms with van der Waals surface area (Å²) in [6.07, 6.45) is 3.13. The summed E-state index contributed by atoms with van der Waals surface area (Å²) in [5, 5.41) is 3.16. The number of anilines is 1. The third kappa shape index (κ3) is 5.03. The highest BCUT2D eigenvalue weighted by molar-refractivity contribution is 5.81. The van der Waals surface area contributed by atoms with E-state index in [1.165, 1.54) is 5.56 Å². The molecule has 1 aliphatic rings. The predicted octanol–water partition coefficient (Wildman–Crippen LogP) is 4.07. The maximum absolute atomic E-state index is 12.6. The molecule has 1 unspecified atom stereocenters.